The number of esters is 1. The first kappa shape index (κ1) is 19.0. The normalized spacial score (nSPS) is 19.2. The highest BCUT2D eigenvalue weighted by Gasteiger charge is 2.41. The van der Waals surface area contributed by atoms with Crippen molar-refractivity contribution in [2.45, 2.75) is 38.6 Å². The fourth-order valence-corrected chi connectivity index (χ4v) is 3.89. The van der Waals surface area contributed by atoms with Crippen LogP contribution in [-0.4, -0.2) is 44.1 Å². The summed E-state index contributed by atoms with van der Waals surface area (Å²) in [5.41, 5.74) is 2.03. The van der Waals surface area contributed by atoms with Gasteiger partial charge in [0.25, 0.3) is 5.91 Å². The number of carbonyl (C=O) groups is 2. The number of carbonyl (C=O) groups excluding carboxylic acids is 2. The van der Waals surface area contributed by atoms with Crippen LogP contribution < -0.4 is 9.47 Å². The van der Waals surface area contributed by atoms with Gasteiger partial charge < -0.3 is 19.1 Å². The van der Waals surface area contributed by atoms with Crippen LogP contribution in [0.1, 0.15) is 38.2 Å². The molecule has 2 aliphatic rings. The molecule has 0 radical (unpaired) electrons. The van der Waals surface area contributed by atoms with E-state index in [9.17, 15) is 9.59 Å². The lowest BCUT2D eigenvalue weighted by Crippen LogP contribution is -2.34. The highest BCUT2D eigenvalue weighted by atomic mass is 16.5. The van der Waals surface area contributed by atoms with Crippen LogP contribution >= 0.6 is 0 Å². The maximum absolute atomic E-state index is 13.2. The molecular weight excluding hydrogens is 346 g/mol. The van der Waals surface area contributed by atoms with Crippen molar-refractivity contribution in [2.75, 3.05) is 21.3 Å². The summed E-state index contributed by atoms with van der Waals surface area (Å²) in [6.45, 7) is 1.81. The summed E-state index contributed by atoms with van der Waals surface area (Å²) in [7, 11) is 4.46. The largest absolute Gasteiger partial charge is 0.497 e. The van der Waals surface area contributed by atoms with Crippen LogP contribution in [-0.2, 0) is 14.3 Å². The van der Waals surface area contributed by atoms with Crippen LogP contribution in [0.2, 0.25) is 0 Å². The molecule has 0 unspecified atom stereocenters. The molecule has 0 aromatic heterocycles. The number of amides is 1. The minimum Gasteiger partial charge on any atom is -0.497 e. The molecule has 144 valence electrons. The SMILES string of the molecule is COC(=O)C1=C(C)N(C2CCCC2)C(=O)C1=Cc1ccc(OC)cc1OC. The molecule has 3 rings (SSSR count). The molecular formula is C21H25NO5. The first-order valence-corrected chi connectivity index (χ1v) is 9.08. The molecule has 0 atom stereocenters. The Hall–Kier alpha value is -2.76. The van der Waals surface area contributed by atoms with Crippen molar-refractivity contribution < 1.29 is 23.8 Å². The van der Waals surface area contributed by atoms with Crippen LogP contribution in [0.5, 0.6) is 11.5 Å². The fraction of sp³-hybridized carbons (Fsp3) is 0.429. The molecule has 1 aromatic rings. The molecule has 1 fully saturated rings. The number of hydrogen-bond donors (Lipinski definition) is 0. The Kier molecular flexibility index (Phi) is 5.54. The van der Waals surface area contributed by atoms with Gasteiger partial charge in [-0.2, -0.15) is 0 Å². The Morgan fingerprint density at radius 2 is 1.85 bits per heavy atom. The smallest absolute Gasteiger partial charge is 0.340 e. The Bertz CT molecular complexity index is 818. The molecule has 1 aliphatic carbocycles. The third-order valence-electron chi connectivity index (χ3n) is 5.26. The molecule has 27 heavy (non-hydrogen) atoms. The summed E-state index contributed by atoms with van der Waals surface area (Å²) < 4.78 is 15.6. The van der Waals surface area contributed by atoms with E-state index < -0.39 is 5.97 Å². The molecule has 1 aromatic carbocycles. The Morgan fingerprint density at radius 3 is 2.44 bits per heavy atom. The zero-order valence-corrected chi connectivity index (χ0v) is 16.2. The van der Waals surface area contributed by atoms with E-state index in [0.29, 0.717) is 33.9 Å². The highest BCUT2D eigenvalue weighted by Crippen LogP contribution is 2.38. The molecule has 6 nitrogen and oxygen atoms in total. The first-order valence-electron chi connectivity index (χ1n) is 9.08. The maximum Gasteiger partial charge on any atom is 0.340 e. The monoisotopic (exact) mass is 371 g/mol. The number of benzene rings is 1. The zero-order chi connectivity index (χ0) is 19.6. The van der Waals surface area contributed by atoms with Crippen LogP contribution in [0.25, 0.3) is 6.08 Å². The predicted octanol–water partition coefficient (Wildman–Crippen LogP) is 3.32. The summed E-state index contributed by atoms with van der Waals surface area (Å²) in [6.07, 6.45) is 5.81. The van der Waals surface area contributed by atoms with Crippen LogP contribution in [0.3, 0.4) is 0 Å². The summed E-state index contributed by atoms with van der Waals surface area (Å²) in [6, 6.07) is 5.48. The predicted molar refractivity (Wildman–Crippen MR) is 101 cm³/mol. The molecule has 1 saturated carbocycles. The van der Waals surface area contributed by atoms with Gasteiger partial charge >= 0.3 is 5.97 Å². The molecule has 6 heteroatoms. The van der Waals surface area contributed by atoms with Crippen molar-refractivity contribution >= 4 is 18.0 Å². The minimum atomic E-state index is -0.500. The molecule has 0 bridgehead atoms. The minimum absolute atomic E-state index is 0.140. The summed E-state index contributed by atoms with van der Waals surface area (Å²) in [4.78, 5) is 27.4. The topological polar surface area (TPSA) is 65.1 Å². The van der Waals surface area contributed by atoms with Gasteiger partial charge in [-0.15, -0.1) is 0 Å². The van der Waals surface area contributed by atoms with Crippen LogP contribution in [0, 0.1) is 0 Å². The van der Waals surface area contributed by atoms with Gasteiger partial charge in [0.05, 0.1) is 32.5 Å². The number of rotatable bonds is 5. The number of allylic oxidation sites excluding steroid dienone is 1. The number of hydrogen-bond acceptors (Lipinski definition) is 5. The van der Waals surface area contributed by atoms with Crippen LogP contribution in [0.4, 0.5) is 0 Å². The fourth-order valence-electron chi connectivity index (χ4n) is 3.89. The second-order valence-corrected chi connectivity index (χ2v) is 6.73. The number of methoxy groups -OCH3 is 3. The van der Waals surface area contributed by atoms with Gasteiger partial charge in [0, 0.05) is 23.4 Å². The van der Waals surface area contributed by atoms with Crippen molar-refractivity contribution in [1.82, 2.24) is 4.90 Å². The second kappa shape index (κ2) is 7.86. The molecule has 1 amide bonds. The Morgan fingerprint density at radius 1 is 1.15 bits per heavy atom. The first-order chi connectivity index (χ1) is 13.0. The number of nitrogens with zero attached hydrogens (tertiary/aromatic N) is 1. The average Bonchev–Trinajstić information content (AvgIpc) is 3.28. The van der Waals surface area contributed by atoms with Gasteiger partial charge in [0.2, 0.25) is 0 Å². The highest BCUT2D eigenvalue weighted by molar-refractivity contribution is 6.16. The van der Waals surface area contributed by atoms with Crippen molar-refractivity contribution in [1.29, 1.82) is 0 Å². The van der Waals surface area contributed by atoms with Gasteiger partial charge in [-0.1, -0.05) is 12.8 Å². The lowest BCUT2D eigenvalue weighted by molar-refractivity contribution is -0.136. The van der Waals surface area contributed by atoms with Gasteiger partial charge in [-0.05, 0) is 38.0 Å². The van der Waals surface area contributed by atoms with Crippen LogP contribution in [0.15, 0.2) is 35.0 Å². The van der Waals surface area contributed by atoms with Crippen molar-refractivity contribution in [3.05, 3.63) is 40.6 Å². The number of ether oxygens (including phenoxy) is 3. The standard InChI is InChI=1S/C21H25NO5/c1-13-19(21(24)27-4)17(20(23)22(13)15-7-5-6-8-15)11-14-9-10-16(25-2)12-18(14)26-3/h9-12,15H,5-8H2,1-4H3. The van der Waals surface area contributed by atoms with E-state index >= 15 is 0 Å². The Labute approximate surface area is 159 Å². The molecule has 1 heterocycles. The van der Waals surface area contributed by atoms with Crippen molar-refractivity contribution in [3.63, 3.8) is 0 Å². The zero-order valence-electron chi connectivity index (χ0n) is 16.2. The van der Waals surface area contributed by atoms with Gasteiger partial charge in [-0.3, -0.25) is 4.79 Å². The molecule has 1 aliphatic heterocycles. The van der Waals surface area contributed by atoms with Gasteiger partial charge in [0.1, 0.15) is 11.5 Å². The van der Waals surface area contributed by atoms with E-state index in [4.69, 9.17) is 14.2 Å². The lowest BCUT2D eigenvalue weighted by atomic mass is 10.0. The quantitative estimate of drug-likeness (QED) is 0.587. The third kappa shape index (κ3) is 3.44. The third-order valence-corrected chi connectivity index (χ3v) is 5.26. The Balaban J connectivity index is 2.08. The van der Waals surface area contributed by atoms with Crippen molar-refractivity contribution in [3.8, 4) is 11.5 Å². The van der Waals surface area contributed by atoms with E-state index in [0.717, 1.165) is 25.7 Å². The van der Waals surface area contributed by atoms with E-state index in [2.05, 4.69) is 0 Å². The summed E-state index contributed by atoms with van der Waals surface area (Å²) >= 11 is 0. The van der Waals surface area contributed by atoms with Gasteiger partial charge in [0.15, 0.2) is 0 Å². The van der Waals surface area contributed by atoms with Gasteiger partial charge in [-0.25, -0.2) is 4.79 Å². The van der Waals surface area contributed by atoms with Crippen molar-refractivity contribution in [2.24, 2.45) is 0 Å². The van der Waals surface area contributed by atoms with E-state index in [-0.39, 0.29) is 11.9 Å². The molecule has 0 spiro atoms. The second-order valence-electron chi connectivity index (χ2n) is 6.73. The maximum atomic E-state index is 13.2. The summed E-state index contributed by atoms with van der Waals surface area (Å²) in [5, 5.41) is 0. The van der Waals surface area contributed by atoms with E-state index in [1.807, 2.05) is 6.92 Å². The molecule has 0 saturated heterocycles. The molecule has 0 N–H and O–H groups in total. The summed E-state index contributed by atoms with van der Waals surface area (Å²) in [5.74, 6) is 0.563. The lowest BCUT2D eigenvalue weighted by Gasteiger charge is -2.25. The van der Waals surface area contributed by atoms with E-state index in [1.165, 1.54) is 7.11 Å². The average molecular weight is 371 g/mol. The van der Waals surface area contributed by atoms with E-state index in [1.54, 1.807) is 43.4 Å².